The second-order valence-corrected chi connectivity index (χ2v) is 7.22. The standard InChI is InChI=1S/C23H18BrN3O3/c24-22-18-5-2-1-4-17(18)7-8-19(22)30-15-21(28)27-23-20(6-3-11-26-23)29-14-16-9-12-25-13-10-16/h1-13H,14-15H2,(H,26,27,28). The molecule has 2 aromatic heterocycles. The first-order valence-corrected chi connectivity index (χ1v) is 10.1. The van der Waals surface area contributed by atoms with E-state index in [-0.39, 0.29) is 12.5 Å². The molecule has 0 bridgehead atoms. The summed E-state index contributed by atoms with van der Waals surface area (Å²) in [5.41, 5.74) is 0.968. The Balaban J connectivity index is 1.39. The van der Waals surface area contributed by atoms with Crippen molar-refractivity contribution in [2.45, 2.75) is 6.61 Å². The van der Waals surface area contributed by atoms with Crippen molar-refractivity contribution in [2.24, 2.45) is 0 Å². The fourth-order valence-electron chi connectivity index (χ4n) is 2.88. The summed E-state index contributed by atoms with van der Waals surface area (Å²) in [4.78, 5) is 20.6. The summed E-state index contributed by atoms with van der Waals surface area (Å²) >= 11 is 3.56. The summed E-state index contributed by atoms with van der Waals surface area (Å²) in [6, 6.07) is 19.0. The Morgan fingerprint density at radius 3 is 2.60 bits per heavy atom. The van der Waals surface area contributed by atoms with E-state index in [1.807, 2.05) is 48.5 Å². The molecule has 0 fully saturated rings. The van der Waals surface area contributed by atoms with Crippen molar-refractivity contribution >= 4 is 38.4 Å². The average molecular weight is 464 g/mol. The lowest BCUT2D eigenvalue weighted by atomic mass is 10.1. The number of fused-ring (bicyclic) bond motifs is 1. The first kappa shape index (κ1) is 19.8. The zero-order valence-electron chi connectivity index (χ0n) is 15.9. The summed E-state index contributed by atoms with van der Waals surface area (Å²) in [7, 11) is 0. The minimum absolute atomic E-state index is 0.155. The van der Waals surface area contributed by atoms with Gasteiger partial charge in [0.25, 0.3) is 5.91 Å². The maximum atomic E-state index is 12.4. The third-order valence-corrected chi connectivity index (χ3v) is 5.18. The molecule has 150 valence electrons. The van der Waals surface area contributed by atoms with Crippen LogP contribution in [-0.4, -0.2) is 22.5 Å². The Morgan fingerprint density at radius 1 is 0.900 bits per heavy atom. The van der Waals surface area contributed by atoms with E-state index in [1.54, 1.807) is 30.7 Å². The van der Waals surface area contributed by atoms with Gasteiger partial charge in [-0.05, 0) is 62.6 Å². The van der Waals surface area contributed by atoms with Crippen LogP contribution >= 0.6 is 15.9 Å². The van der Waals surface area contributed by atoms with E-state index < -0.39 is 0 Å². The molecule has 0 saturated carbocycles. The molecule has 1 N–H and O–H groups in total. The van der Waals surface area contributed by atoms with Crippen LogP contribution in [0, 0.1) is 0 Å². The third kappa shape index (κ3) is 4.75. The molecular formula is C23H18BrN3O3. The average Bonchev–Trinajstić information content (AvgIpc) is 2.79. The Kier molecular flexibility index (Phi) is 6.20. The van der Waals surface area contributed by atoms with Gasteiger partial charge in [-0.25, -0.2) is 4.98 Å². The number of hydrogen-bond donors (Lipinski definition) is 1. The number of rotatable bonds is 7. The van der Waals surface area contributed by atoms with Crippen molar-refractivity contribution in [3.8, 4) is 11.5 Å². The number of hydrogen-bond acceptors (Lipinski definition) is 5. The fourth-order valence-corrected chi connectivity index (χ4v) is 3.49. The van der Waals surface area contributed by atoms with Crippen LogP contribution in [0.25, 0.3) is 10.8 Å². The van der Waals surface area contributed by atoms with Gasteiger partial charge in [0.05, 0.1) is 4.47 Å². The van der Waals surface area contributed by atoms with E-state index >= 15 is 0 Å². The lowest BCUT2D eigenvalue weighted by molar-refractivity contribution is -0.118. The quantitative estimate of drug-likeness (QED) is 0.417. The summed E-state index contributed by atoms with van der Waals surface area (Å²) in [6.07, 6.45) is 5.00. The van der Waals surface area contributed by atoms with Crippen LogP contribution in [0.4, 0.5) is 5.82 Å². The highest BCUT2D eigenvalue weighted by atomic mass is 79.9. The normalized spacial score (nSPS) is 10.6. The monoisotopic (exact) mass is 463 g/mol. The number of anilines is 1. The van der Waals surface area contributed by atoms with Crippen molar-refractivity contribution in [1.82, 2.24) is 9.97 Å². The van der Waals surface area contributed by atoms with Gasteiger partial charge in [-0.15, -0.1) is 0 Å². The smallest absolute Gasteiger partial charge is 0.263 e. The van der Waals surface area contributed by atoms with Crippen molar-refractivity contribution in [3.05, 3.63) is 89.3 Å². The van der Waals surface area contributed by atoms with E-state index in [4.69, 9.17) is 9.47 Å². The van der Waals surface area contributed by atoms with Gasteiger partial charge >= 0.3 is 0 Å². The zero-order chi connectivity index (χ0) is 20.8. The predicted octanol–water partition coefficient (Wildman–Crippen LogP) is 4.99. The van der Waals surface area contributed by atoms with E-state index in [0.29, 0.717) is 23.9 Å². The van der Waals surface area contributed by atoms with Gasteiger partial charge < -0.3 is 14.8 Å². The predicted molar refractivity (Wildman–Crippen MR) is 119 cm³/mol. The molecule has 0 spiro atoms. The Bertz CT molecular complexity index is 1170. The number of nitrogens with zero attached hydrogens (tertiary/aromatic N) is 2. The first-order valence-electron chi connectivity index (χ1n) is 9.27. The second-order valence-electron chi connectivity index (χ2n) is 6.43. The minimum atomic E-state index is -0.331. The summed E-state index contributed by atoms with van der Waals surface area (Å²) in [6.45, 7) is 0.189. The molecule has 2 aromatic carbocycles. The van der Waals surface area contributed by atoms with Crippen molar-refractivity contribution < 1.29 is 14.3 Å². The van der Waals surface area contributed by atoms with Crippen LogP contribution < -0.4 is 14.8 Å². The minimum Gasteiger partial charge on any atom is -0.485 e. The fraction of sp³-hybridized carbons (Fsp3) is 0.0870. The largest absolute Gasteiger partial charge is 0.485 e. The van der Waals surface area contributed by atoms with E-state index in [0.717, 1.165) is 20.8 Å². The number of ether oxygens (including phenoxy) is 2. The molecule has 4 aromatic rings. The molecule has 0 atom stereocenters. The van der Waals surface area contributed by atoms with Gasteiger partial charge in [0.15, 0.2) is 18.2 Å². The first-order chi connectivity index (χ1) is 14.7. The molecule has 0 unspecified atom stereocenters. The van der Waals surface area contributed by atoms with Gasteiger partial charge in [-0.1, -0.05) is 30.3 Å². The number of aromatic nitrogens is 2. The molecule has 7 heteroatoms. The molecule has 1 amide bonds. The molecule has 6 nitrogen and oxygen atoms in total. The number of carbonyl (C=O) groups is 1. The van der Waals surface area contributed by atoms with Gasteiger partial charge in [0.1, 0.15) is 12.4 Å². The highest BCUT2D eigenvalue weighted by Gasteiger charge is 2.12. The molecule has 0 aliphatic rings. The van der Waals surface area contributed by atoms with Crippen LogP contribution in [0.15, 0.2) is 83.7 Å². The topological polar surface area (TPSA) is 73.3 Å². The molecular weight excluding hydrogens is 446 g/mol. The molecule has 4 rings (SSSR count). The molecule has 0 aliphatic carbocycles. The summed E-state index contributed by atoms with van der Waals surface area (Å²) in [5.74, 6) is 1.09. The van der Waals surface area contributed by atoms with Crippen molar-refractivity contribution in [2.75, 3.05) is 11.9 Å². The van der Waals surface area contributed by atoms with Crippen LogP contribution in [0.5, 0.6) is 11.5 Å². The zero-order valence-corrected chi connectivity index (χ0v) is 17.5. The lowest BCUT2D eigenvalue weighted by Gasteiger charge is -2.13. The van der Waals surface area contributed by atoms with Crippen LogP contribution in [0.1, 0.15) is 5.56 Å². The third-order valence-electron chi connectivity index (χ3n) is 4.36. The molecule has 30 heavy (non-hydrogen) atoms. The number of nitrogens with one attached hydrogen (secondary N) is 1. The van der Waals surface area contributed by atoms with Crippen LogP contribution in [0.2, 0.25) is 0 Å². The number of carbonyl (C=O) groups excluding carboxylic acids is 1. The summed E-state index contributed by atoms with van der Waals surface area (Å²) < 4.78 is 12.3. The maximum absolute atomic E-state index is 12.4. The number of amides is 1. The number of halogens is 1. The molecule has 0 aliphatic heterocycles. The molecule has 2 heterocycles. The van der Waals surface area contributed by atoms with E-state index in [9.17, 15) is 4.79 Å². The van der Waals surface area contributed by atoms with E-state index in [2.05, 4.69) is 31.2 Å². The highest BCUT2D eigenvalue weighted by Crippen LogP contribution is 2.33. The Hall–Kier alpha value is -3.45. The van der Waals surface area contributed by atoms with Gasteiger partial charge in [-0.3, -0.25) is 9.78 Å². The van der Waals surface area contributed by atoms with Crippen molar-refractivity contribution in [3.63, 3.8) is 0 Å². The second kappa shape index (κ2) is 9.37. The molecule has 0 saturated heterocycles. The maximum Gasteiger partial charge on any atom is 0.263 e. The Morgan fingerprint density at radius 2 is 1.73 bits per heavy atom. The van der Waals surface area contributed by atoms with Gasteiger partial charge in [-0.2, -0.15) is 0 Å². The number of benzene rings is 2. The Labute approximate surface area is 182 Å². The van der Waals surface area contributed by atoms with Crippen LogP contribution in [-0.2, 0) is 11.4 Å². The lowest BCUT2D eigenvalue weighted by Crippen LogP contribution is -2.21. The molecule has 0 radical (unpaired) electrons. The number of pyridine rings is 2. The van der Waals surface area contributed by atoms with Crippen LogP contribution in [0.3, 0.4) is 0 Å². The van der Waals surface area contributed by atoms with Gasteiger partial charge in [0.2, 0.25) is 0 Å². The highest BCUT2D eigenvalue weighted by molar-refractivity contribution is 9.10. The van der Waals surface area contributed by atoms with Gasteiger partial charge in [0, 0.05) is 18.6 Å². The summed E-state index contributed by atoms with van der Waals surface area (Å²) in [5, 5.41) is 4.85. The SMILES string of the molecule is O=C(COc1ccc2ccccc2c1Br)Nc1ncccc1OCc1ccncc1. The van der Waals surface area contributed by atoms with Crippen molar-refractivity contribution in [1.29, 1.82) is 0 Å². The van der Waals surface area contributed by atoms with E-state index in [1.165, 1.54) is 0 Å².